The summed E-state index contributed by atoms with van der Waals surface area (Å²) in [7, 11) is 0. The lowest BCUT2D eigenvalue weighted by molar-refractivity contribution is -0.119. The van der Waals surface area contributed by atoms with Gasteiger partial charge in [-0.2, -0.15) is 28.4 Å². The molecule has 1 aliphatic rings. The molecule has 2 heterocycles. The summed E-state index contributed by atoms with van der Waals surface area (Å²) >= 11 is 0. The minimum atomic E-state index is -4.95. The third-order valence-electron chi connectivity index (χ3n) is 3.90. The minimum Gasteiger partial charge on any atom is -0.271 e. The van der Waals surface area contributed by atoms with E-state index in [0.717, 1.165) is 5.01 Å². The number of alkyl halides is 3. The zero-order chi connectivity index (χ0) is 20.3. The third kappa shape index (κ3) is 3.90. The summed E-state index contributed by atoms with van der Waals surface area (Å²) in [5, 5.41) is 8.05. The highest BCUT2D eigenvalue weighted by Gasteiger charge is 2.49. The summed E-state index contributed by atoms with van der Waals surface area (Å²) in [6, 6.07) is 10.9. The monoisotopic (exact) mass is 389 g/mol. The second-order valence-electron chi connectivity index (χ2n) is 5.84. The molecule has 0 spiro atoms. The molecule has 1 atom stereocenters. The lowest BCUT2D eigenvalue weighted by Gasteiger charge is -2.17. The first-order chi connectivity index (χ1) is 13.3. The van der Waals surface area contributed by atoms with E-state index in [2.05, 4.69) is 15.2 Å². The number of hydrogen-bond donors (Lipinski definition) is 1. The van der Waals surface area contributed by atoms with Crippen molar-refractivity contribution in [2.45, 2.75) is 13.1 Å². The smallest absolute Gasteiger partial charge is 0.271 e. The van der Waals surface area contributed by atoms with Crippen LogP contribution in [0.15, 0.2) is 65.1 Å². The number of hydrogen-bond acceptors (Lipinski definition) is 5. The Hall–Kier alpha value is -3.56. The zero-order valence-electron chi connectivity index (χ0n) is 14.5. The number of rotatable bonds is 4. The summed E-state index contributed by atoms with van der Waals surface area (Å²) in [6.45, 7) is 1.30. The maximum atomic E-state index is 13.6. The van der Waals surface area contributed by atoms with Gasteiger partial charge in [0.05, 0.1) is 17.0 Å². The van der Waals surface area contributed by atoms with Crippen molar-refractivity contribution in [3.8, 4) is 0 Å². The third-order valence-corrected chi connectivity index (χ3v) is 3.90. The van der Waals surface area contributed by atoms with E-state index in [4.69, 9.17) is 0 Å². The fourth-order valence-electron chi connectivity index (χ4n) is 2.60. The predicted octanol–water partition coefficient (Wildman–Crippen LogP) is 2.77. The number of nitrogens with zero attached hydrogens (tertiary/aromatic N) is 4. The van der Waals surface area contributed by atoms with Crippen molar-refractivity contribution >= 4 is 28.9 Å². The lowest BCUT2D eigenvalue weighted by Crippen LogP contribution is -2.41. The van der Waals surface area contributed by atoms with Crippen LogP contribution in [0.3, 0.4) is 0 Å². The molecule has 7 nitrogen and oxygen atoms in total. The summed E-state index contributed by atoms with van der Waals surface area (Å²) in [5.74, 6) is -3.54. The van der Waals surface area contributed by atoms with E-state index < -0.39 is 29.6 Å². The van der Waals surface area contributed by atoms with Crippen LogP contribution < -0.4 is 10.4 Å². The van der Waals surface area contributed by atoms with Gasteiger partial charge in [-0.15, -0.1) is 0 Å². The number of pyridine rings is 1. The molecule has 10 heteroatoms. The van der Waals surface area contributed by atoms with Gasteiger partial charge in [-0.3, -0.25) is 14.6 Å². The molecule has 1 N–H and O–H groups in total. The van der Waals surface area contributed by atoms with Crippen LogP contribution in [-0.4, -0.2) is 34.4 Å². The molecule has 0 bridgehead atoms. The van der Waals surface area contributed by atoms with Crippen molar-refractivity contribution in [1.82, 2.24) is 10.4 Å². The first-order valence-corrected chi connectivity index (χ1v) is 8.08. The largest absolute Gasteiger partial charge is 0.432 e. The molecule has 0 radical (unpaired) electrons. The molecule has 0 unspecified atom stereocenters. The van der Waals surface area contributed by atoms with Crippen LogP contribution in [0.4, 0.5) is 18.9 Å². The van der Waals surface area contributed by atoms with E-state index in [1.54, 1.807) is 30.3 Å². The highest BCUT2D eigenvalue weighted by molar-refractivity contribution is 6.29. The Morgan fingerprint density at radius 1 is 1.18 bits per heavy atom. The number of nitrogens with one attached hydrogen (secondary N) is 1. The van der Waals surface area contributed by atoms with Crippen LogP contribution in [0.25, 0.3) is 0 Å². The van der Waals surface area contributed by atoms with E-state index in [1.807, 2.05) is 5.43 Å². The molecule has 2 amide bonds. The standard InChI is InChI=1S/C18H14F3N5O2/c1-11-14(17(28)26(25-11)13-7-3-2-4-8-13)15(18(19,20)21)23-24-16(27)12-6-5-9-22-10-12/h2-10,14H,1H3,(H,24,27)/b23-15+/t14-/m0/s1. The highest BCUT2D eigenvalue weighted by Crippen LogP contribution is 2.30. The number of anilines is 1. The molecule has 1 aromatic carbocycles. The Bertz CT molecular complexity index is 943. The second-order valence-corrected chi connectivity index (χ2v) is 5.84. The van der Waals surface area contributed by atoms with Gasteiger partial charge in [0.2, 0.25) is 0 Å². The summed E-state index contributed by atoms with van der Waals surface area (Å²) in [4.78, 5) is 28.3. The van der Waals surface area contributed by atoms with Gasteiger partial charge in [0.1, 0.15) is 5.92 Å². The molecule has 0 saturated carbocycles. The Morgan fingerprint density at radius 3 is 2.50 bits per heavy atom. The van der Waals surface area contributed by atoms with Crippen LogP contribution in [0.1, 0.15) is 17.3 Å². The molecular weight excluding hydrogens is 375 g/mol. The molecule has 0 fully saturated rings. The van der Waals surface area contributed by atoms with E-state index >= 15 is 0 Å². The minimum absolute atomic E-state index is 0.0295. The van der Waals surface area contributed by atoms with Gasteiger partial charge < -0.3 is 0 Å². The molecule has 3 rings (SSSR count). The first-order valence-electron chi connectivity index (χ1n) is 8.08. The van der Waals surface area contributed by atoms with Crippen LogP contribution in [0, 0.1) is 5.92 Å². The molecule has 0 aliphatic carbocycles. The molecule has 1 aliphatic heterocycles. The number of hydrazone groups is 2. The number of halogens is 3. The van der Waals surface area contributed by atoms with Crippen molar-refractivity contribution in [2.24, 2.45) is 16.1 Å². The van der Waals surface area contributed by atoms with E-state index in [0.29, 0.717) is 5.69 Å². The first kappa shape index (κ1) is 19.2. The van der Waals surface area contributed by atoms with Crippen molar-refractivity contribution in [1.29, 1.82) is 0 Å². The van der Waals surface area contributed by atoms with Crippen molar-refractivity contribution in [2.75, 3.05) is 5.01 Å². The van der Waals surface area contributed by atoms with Crippen molar-refractivity contribution < 1.29 is 22.8 Å². The van der Waals surface area contributed by atoms with Gasteiger partial charge in [0.15, 0.2) is 5.71 Å². The topological polar surface area (TPSA) is 87.0 Å². The van der Waals surface area contributed by atoms with Crippen LogP contribution in [-0.2, 0) is 4.79 Å². The number of para-hydroxylation sites is 1. The fraction of sp³-hybridized carbons (Fsp3) is 0.167. The molecule has 0 saturated heterocycles. The summed E-state index contributed by atoms with van der Waals surface area (Å²) in [5.41, 5.74) is 0.667. The normalized spacial score (nSPS) is 17.5. The lowest BCUT2D eigenvalue weighted by atomic mass is 9.97. The van der Waals surface area contributed by atoms with Gasteiger partial charge in [0.25, 0.3) is 11.8 Å². The summed E-state index contributed by atoms with van der Waals surface area (Å²) in [6.07, 6.45) is -2.36. The quantitative estimate of drug-likeness (QED) is 0.644. The number of carbonyl (C=O) groups excluding carboxylic acids is 2. The van der Waals surface area contributed by atoms with Crippen LogP contribution in [0.2, 0.25) is 0 Å². The van der Waals surface area contributed by atoms with Gasteiger partial charge in [-0.05, 0) is 31.2 Å². The number of amides is 2. The molecular formula is C18H14F3N5O2. The maximum absolute atomic E-state index is 13.6. The highest BCUT2D eigenvalue weighted by atomic mass is 19.4. The SMILES string of the molecule is CC1=NN(c2ccccc2)C(=O)[C@@H]1/C(=N\NC(=O)c1cccnc1)C(F)(F)F. The molecule has 2 aromatic rings. The number of carbonyl (C=O) groups is 2. The maximum Gasteiger partial charge on any atom is 0.432 e. The van der Waals surface area contributed by atoms with E-state index in [1.165, 1.54) is 31.5 Å². The number of benzene rings is 1. The second kappa shape index (κ2) is 7.59. The fourth-order valence-corrected chi connectivity index (χ4v) is 2.60. The molecule has 28 heavy (non-hydrogen) atoms. The summed E-state index contributed by atoms with van der Waals surface area (Å²) < 4.78 is 40.7. The molecule has 1 aromatic heterocycles. The Kier molecular flexibility index (Phi) is 5.21. The van der Waals surface area contributed by atoms with E-state index in [9.17, 15) is 22.8 Å². The van der Waals surface area contributed by atoms with Crippen molar-refractivity contribution in [3.05, 3.63) is 60.4 Å². The zero-order valence-corrected chi connectivity index (χ0v) is 14.5. The average molecular weight is 389 g/mol. The molecule has 144 valence electrons. The Labute approximate surface area is 157 Å². The van der Waals surface area contributed by atoms with Gasteiger partial charge in [-0.25, -0.2) is 5.43 Å². The average Bonchev–Trinajstić information content (AvgIpc) is 2.97. The predicted molar refractivity (Wildman–Crippen MR) is 95.7 cm³/mol. The van der Waals surface area contributed by atoms with Crippen molar-refractivity contribution in [3.63, 3.8) is 0 Å². The Morgan fingerprint density at radius 2 is 1.89 bits per heavy atom. The van der Waals surface area contributed by atoms with Crippen LogP contribution in [0.5, 0.6) is 0 Å². The van der Waals surface area contributed by atoms with E-state index in [-0.39, 0.29) is 11.3 Å². The van der Waals surface area contributed by atoms with Crippen LogP contribution >= 0.6 is 0 Å². The number of aromatic nitrogens is 1. The van der Waals surface area contributed by atoms with Gasteiger partial charge in [-0.1, -0.05) is 18.2 Å². The van der Waals surface area contributed by atoms with Gasteiger partial charge >= 0.3 is 6.18 Å². The Balaban J connectivity index is 1.89. The van der Waals surface area contributed by atoms with Gasteiger partial charge in [0, 0.05) is 12.4 Å².